The van der Waals surface area contributed by atoms with Crippen LogP contribution in [0.1, 0.15) is 25.7 Å². The van der Waals surface area contributed by atoms with Gasteiger partial charge in [0.25, 0.3) is 0 Å². The molecular formula is C12H20N2O2S. The Labute approximate surface area is 103 Å². The van der Waals surface area contributed by atoms with Crippen molar-refractivity contribution in [1.29, 1.82) is 0 Å². The van der Waals surface area contributed by atoms with Gasteiger partial charge < -0.3 is 5.73 Å². The molecule has 0 amide bonds. The maximum absolute atomic E-state index is 11.8. The number of hydrogen-bond donors (Lipinski definition) is 2. The summed E-state index contributed by atoms with van der Waals surface area (Å²) >= 11 is 0. The van der Waals surface area contributed by atoms with Gasteiger partial charge in [0.2, 0.25) is 10.0 Å². The summed E-state index contributed by atoms with van der Waals surface area (Å²) in [6.07, 6.45) is 3.93. The van der Waals surface area contributed by atoms with Crippen LogP contribution in [0.25, 0.3) is 0 Å². The number of sulfonamides is 1. The van der Waals surface area contributed by atoms with Crippen molar-refractivity contribution in [1.82, 2.24) is 4.72 Å². The summed E-state index contributed by atoms with van der Waals surface area (Å²) < 4.78 is 26.2. The predicted molar refractivity (Wildman–Crippen MR) is 69.2 cm³/mol. The molecular weight excluding hydrogens is 236 g/mol. The second kappa shape index (κ2) is 7.42. The Hall–Kier alpha value is -0.910. The van der Waals surface area contributed by atoms with Crippen molar-refractivity contribution in [2.24, 2.45) is 5.73 Å². The molecule has 4 nitrogen and oxygen atoms in total. The maximum atomic E-state index is 11.8. The van der Waals surface area contributed by atoms with E-state index in [0.29, 0.717) is 18.0 Å². The Morgan fingerprint density at radius 3 is 2.29 bits per heavy atom. The Morgan fingerprint density at radius 2 is 1.65 bits per heavy atom. The lowest BCUT2D eigenvalue weighted by atomic mass is 10.2. The molecule has 0 saturated carbocycles. The molecule has 0 unspecified atom stereocenters. The molecule has 0 spiro atoms. The van der Waals surface area contributed by atoms with Gasteiger partial charge in [-0.1, -0.05) is 31.0 Å². The molecule has 1 rings (SSSR count). The van der Waals surface area contributed by atoms with Crippen molar-refractivity contribution in [3.05, 3.63) is 30.3 Å². The Bertz CT molecular complexity index is 404. The molecule has 0 aliphatic rings. The monoisotopic (exact) mass is 256 g/mol. The van der Waals surface area contributed by atoms with E-state index in [1.165, 1.54) is 0 Å². The third kappa shape index (κ3) is 5.30. The van der Waals surface area contributed by atoms with E-state index < -0.39 is 10.0 Å². The third-order valence-electron chi connectivity index (χ3n) is 2.48. The second-order valence-electron chi connectivity index (χ2n) is 3.91. The van der Waals surface area contributed by atoms with Crippen molar-refractivity contribution < 1.29 is 8.42 Å². The van der Waals surface area contributed by atoms with Gasteiger partial charge in [0.05, 0.1) is 4.90 Å². The van der Waals surface area contributed by atoms with Crippen molar-refractivity contribution >= 4 is 10.0 Å². The van der Waals surface area contributed by atoms with Gasteiger partial charge in [-0.15, -0.1) is 0 Å². The SMILES string of the molecule is NCCCCCCNS(=O)(=O)c1ccccc1. The average Bonchev–Trinajstić information content (AvgIpc) is 2.35. The van der Waals surface area contributed by atoms with Gasteiger partial charge in [0, 0.05) is 6.54 Å². The van der Waals surface area contributed by atoms with Crippen LogP contribution >= 0.6 is 0 Å². The Kier molecular flexibility index (Phi) is 6.18. The quantitative estimate of drug-likeness (QED) is 0.692. The molecule has 5 heteroatoms. The van der Waals surface area contributed by atoms with Crippen molar-refractivity contribution in [3.63, 3.8) is 0 Å². The summed E-state index contributed by atoms with van der Waals surface area (Å²) in [7, 11) is -3.33. The smallest absolute Gasteiger partial charge is 0.240 e. The predicted octanol–water partition coefficient (Wildman–Crippen LogP) is 1.48. The molecule has 0 aromatic heterocycles. The lowest BCUT2D eigenvalue weighted by Crippen LogP contribution is -2.24. The minimum atomic E-state index is -3.33. The first-order valence-corrected chi connectivity index (χ1v) is 7.40. The molecule has 1 aromatic carbocycles. The fraction of sp³-hybridized carbons (Fsp3) is 0.500. The van der Waals surface area contributed by atoms with Crippen LogP contribution in [0.2, 0.25) is 0 Å². The van der Waals surface area contributed by atoms with Gasteiger partial charge in [-0.3, -0.25) is 0 Å². The first-order chi connectivity index (χ1) is 8.17. The molecule has 0 bridgehead atoms. The normalized spacial score (nSPS) is 11.6. The van der Waals surface area contributed by atoms with Crippen molar-refractivity contribution in [2.45, 2.75) is 30.6 Å². The zero-order valence-corrected chi connectivity index (χ0v) is 10.7. The van der Waals surface area contributed by atoms with E-state index >= 15 is 0 Å². The Balaban J connectivity index is 2.31. The topological polar surface area (TPSA) is 72.2 Å². The molecule has 96 valence electrons. The zero-order chi connectivity index (χ0) is 12.6. The molecule has 0 aliphatic heterocycles. The van der Waals surface area contributed by atoms with Gasteiger partial charge in [-0.25, -0.2) is 13.1 Å². The van der Waals surface area contributed by atoms with Crippen LogP contribution in [0.4, 0.5) is 0 Å². The molecule has 0 saturated heterocycles. The lowest BCUT2D eigenvalue weighted by molar-refractivity contribution is 0.572. The number of benzene rings is 1. The van der Waals surface area contributed by atoms with E-state index in [4.69, 9.17) is 5.73 Å². The molecule has 0 heterocycles. The number of unbranched alkanes of at least 4 members (excludes halogenated alkanes) is 3. The fourth-order valence-corrected chi connectivity index (χ4v) is 2.61. The van der Waals surface area contributed by atoms with Gasteiger partial charge in [0.15, 0.2) is 0 Å². The summed E-state index contributed by atoms with van der Waals surface area (Å²) in [5, 5.41) is 0. The third-order valence-corrected chi connectivity index (χ3v) is 3.95. The summed E-state index contributed by atoms with van der Waals surface area (Å²) in [6, 6.07) is 8.42. The summed E-state index contributed by atoms with van der Waals surface area (Å²) in [5.74, 6) is 0. The van der Waals surface area contributed by atoms with Gasteiger partial charge in [-0.05, 0) is 31.5 Å². The molecule has 0 fully saturated rings. The highest BCUT2D eigenvalue weighted by atomic mass is 32.2. The van der Waals surface area contributed by atoms with Crippen LogP contribution < -0.4 is 10.5 Å². The number of hydrogen-bond acceptors (Lipinski definition) is 3. The minimum absolute atomic E-state index is 0.321. The van der Waals surface area contributed by atoms with Gasteiger partial charge in [-0.2, -0.15) is 0 Å². The van der Waals surface area contributed by atoms with Crippen LogP contribution in [0.3, 0.4) is 0 Å². The van der Waals surface area contributed by atoms with Gasteiger partial charge >= 0.3 is 0 Å². The van der Waals surface area contributed by atoms with Crippen molar-refractivity contribution in [2.75, 3.05) is 13.1 Å². The van der Waals surface area contributed by atoms with Crippen LogP contribution in [-0.2, 0) is 10.0 Å². The first-order valence-electron chi connectivity index (χ1n) is 5.91. The first kappa shape index (κ1) is 14.2. The van der Waals surface area contributed by atoms with Crippen LogP contribution in [0.5, 0.6) is 0 Å². The molecule has 0 atom stereocenters. The van der Waals surface area contributed by atoms with E-state index in [1.54, 1.807) is 30.3 Å². The number of rotatable bonds is 8. The molecule has 3 N–H and O–H groups in total. The lowest BCUT2D eigenvalue weighted by Gasteiger charge is -2.06. The summed E-state index contributed by atoms with van der Waals surface area (Å²) in [6.45, 7) is 1.19. The van der Waals surface area contributed by atoms with Crippen LogP contribution in [0.15, 0.2) is 35.2 Å². The Morgan fingerprint density at radius 1 is 1.00 bits per heavy atom. The van der Waals surface area contributed by atoms with E-state index in [9.17, 15) is 8.42 Å². The van der Waals surface area contributed by atoms with Crippen LogP contribution in [-0.4, -0.2) is 21.5 Å². The van der Waals surface area contributed by atoms with Crippen molar-refractivity contribution in [3.8, 4) is 0 Å². The molecule has 0 radical (unpaired) electrons. The standard InChI is InChI=1S/C12H20N2O2S/c13-10-6-1-2-7-11-14-17(15,16)12-8-4-3-5-9-12/h3-5,8-9,14H,1-2,6-7,10-11,13H2. The summed E-state index contributed by atoms with van der Waals surface area (Å²) in [5.41, 5.74) is 5.38. The largest absolute Gasteiger partial charge is 0.330 e. The number of nitrogens with one attached hydrogen (secondary N) is 1. The maximum Gasteiger partial charge on any atom is 0.240 e. The van der Waals surface area contributed by atoms with E-state index in [-0.39, 0.29) is 0 Å². The fourth-order valence-electron chi connectivity index (χ4n) is 1.51. The molecule has 17 heavy (non-hydrogen) atoms. The molecule has 1 aromatic rings. The second-order valence-corrected chi connectivity index (χ2v) is 5.68. The van der Waals surface area contributed by atoms with E-state index in [1.807, 2.05) is 0 Å². The molecule has 0 aliphatic carbocycles. The minimum Gasteiger partial charge on any atom is -0.330 e. The van der Waals surface area contributed by atoms with E-state index in [2.05, 4.69) is 4.72 Å². The highest BCUT2D eigenvalue weighted by molar-refractivity contribution is 7.89. The highest BCUT2D eigenvalue weighted by Gasteiger charge is 2.11. The zero-order valence-electron chi connectivity index (χ0n) is 9.93. The van der Waals surface area contributed by atoms with Crippen LogP contribution in [0, 0.1) is 0 Å². The summed E-state index contributed by atoms with van der Waals surface area (Å²) in [4.78, 5) is 0.321. The highest BCUT2D eigenvalue weighted by Crippen LogP contribution is 2.07. The van der Waals surface area contributed by atoms with E-state index in [0.717, 1.165) is 25.7 Å². The average molecular weight is 256 g/mol. The van der Waals surface area contributed by atoms with Gasteiger partial charge in [0.1, 0.15) is 0 Å². The number of nitrogens with two attached hydrogens (primary N) is 1.